The molecule has 0 amide bonds. The summed E-state index contributed by atoms with van der Waals surface area (Å²) in [7, 11) is 0. The number of hydrogen-bond donors (Lipinski definition) is 0. The second kappa shape index (κ2) is 65.4. The highest BCUT2D eigenvalue weighted by molar-refractivity contribution is 5.71. The molecule has 0 aromatic carbocycles. The van der Waals surface area contributed by atoms with Gasteiger partial charge in [0, 0.05) is 19.3 Å². The average molecular weight is 1080 g/mol. The molecule has 1 atom stereocenters. The van der Waals surface area contributed by atoms with Crippen LogP contribution in [0.15, 0.2) is 72.9 Å². The van der Waals surface area contributed by atoms with Crippen LogP contribution in [0.1, 0.15) is 342 Å². The summed E-state index contributed by atoms with van der Waals surface area (Å²) in [6, 6.07) is 0. The van der Waals surface area contributed by atoms with E-state index in [9.17, 15) is 14.4 Å². The zero-order valence-electron chi connectivity index (χ0n) is 51.2. The quantitative estimate of drug-likeness (QED) is 0.0261. The molecule has 0 radical (unpaired) electrons. The molecule has 6 nitrogen and oxygen atoms in total. The third kappa shape index (κ3) is 63.6. The second-order valence-corrected chi connectivity index (χ2v) is 22.3. The highest BCUT2D eigenvalue weighted by Gasteiger charge is 2.19. The number of ether oxygens (including phenoxy) is 3. The Morgan fingerprint density at radius 1 is 0.273 bits per heavy atom. The first-order valence-electron chi connectivity index (χ1n) is 33.4. The fourth-order valence-electron chi connectivity index (χ4n) is 9.67. The highest BCUT2D eigenvalue weighted by Crippen LogP contribution is 2.17. The van der Waals surface area contributed by atoms with Gasteiger partial charge in [0.15, 0.2) is 6.10 Å². The number of carbonyl (C=O) groups excluding carboxylic acids is 3. The van der Waals surface area contributed by atoms with Gasteiger partial charge in [-0.05, 0) is 103 Å². The predicted molar refractivity (Wildman–Crippen MR) is 335 cm³/mol. The van der Waals surface area contributed by atoms with Gasteiger partial charge in [-0.3, -0.25) is 14.4 Å². The van der Waals surface area contributed by atoms with E-state index in [1.54, 1.807) is 0 Å². The summed E-state index contributed by atoms with van der Waals surface area (Å²) >= 11 is 0. The summed E-state index contributed by atoms with van der Waals surface area (Å²) in [6.45, 7) is 6.49. The summed E-state index contributed by atoms with van der Waals surface area (Å²) in [5.41, 5.74) is 0. The van der Waals surface area contributed by atoms with E-state index in [1.165, 1.54) is 199 Å². The molecule has 0 fully saturated rings. The molecule has 0 N–H and O–H groups in total. The Hall–Kier alpha value is -3.15. The molecule has 0 aliphatic carbocycles. The molecule has 0 saturated heterocycles. The Morgan fingerprint density at radius 3 is 0.857 bits per heavy atom. The van der Waals surface area contributed by atoms with Crippen molar-refractivity contribution in [1.82, 2.24) is 0 Å². The van der Waals surface area contributed by atoms with E-state index in [4.69, 9.17) is 14.2 Å². The lowest BCUT2D eigenvalue weighted by Gasteiger charge is -2.18. The molecule has 6 heteroatoms. The molecule has 1 unspecified atom stereocenters. The summed E-state index contributed by atoms with van der Waals surface area (Å²) in [5, 5.41) is 0. The SMILES string of the molecule is CC/C=C\C/C=C\C/C=C\C/C=C\CCCCCCCCCCCCCCCCCCCCCCC(=O)OCC(COC(=O)CCCCCCC/C=C\CCC)OC(=O)CCCCCCC/C=C\CCCCCCCCC. The molecule has 0 bridgehead atoms. The fourth-order valence-corrected chi connectivity index (χ4v) is 9.67. The number of hydrogen-bond acceptors (Lipinski definition) is 6. The Labute approximate surface area is 478 Å². The van der Waals surface area contributed by atoms with Crippen molar-refractivity contribution in [2.45, 2.75) is 348 Å². The lowest BCUT2D eigenvalue weighted by Crippen LogP contribution is -2.30. The molecule has 0 aromatic heterocycles. The van der Waals surface area contributed by atoms with Crippen molar-refractivity contribution in [2.24, 2.45) is 0 Å². The van der Waals surface area contributed by atoms with Crippen molar-refractivity contribution < 1.29 is 28.6 Å². The number of esters is 3. The van der Waals surface area contributed by atoms with Crippen molar-refractivity contribution in [1.29, 1.82) is 0 Å². The first-order chi connectivity index (χ1) is 38.0. The first-order valence-corrected chi connectivity index (χ1v) is 33.4. The summed E-state index contributed by atoms with van der Waals surface area (Å²) in [5.74, 6) is -0.880. The van der Waals surface area contributed by atoms with Gasteiger partial charge in [-0.1, -0.05) is 293 Å². The van der Waals surface area contributed by atoms with Crippen LogP contribution in [0.3, 0.4) is 0 Å². The van der Waals surface area contributed by atoms with Crippen molar-refractivity contribution in [3.05, 3.63) is 72.9 Å². The number of rotatable bonds is 61. The fraction of sp³-hybridized carbons (Fsp3) is 0.789. The van der Waals surface area contributed by atoms with Gasteiger partial charge in [0.25, 0.3) is 0 Å². The van der Waals surface area contributed by atoms with Gasteiger partial charge in [0.1, 0.15) is 13.2 Å². The smallest absolute Gasteiger partial charge is 0.306 e. The van der Waals surface area contributed by atoms with E-state index >= 15 is 0 Å². The van der Waals surface area contributed by atoms with E-state index < -0.39 is 6.10 Å². The van der Waals surface area contributed by atoms with Gasteiger partial charge < -0.3 is 14.2 Å². The van der Waals surface area contributed by atoms with Crippen LogP contribution in [-0.2, 0) is 28.6 Å². The van der Waals surface area contributed by atoms with Gasteiger partial charge in [-0.25, -0.2) is 0 Å². The number of unbranched alkanes of at least 4 members (excludes halogenated alkanes) is 38. The van der Waals surface area contributed by atoms with E-state index in [-0.39, 0.29) is 31.1 Å². The molecule has 0 aliphatic heterocycles. The predicted octanol–water partition coefficient (Wildman–Crippen LogP) is 22.9. The van der Waals surface area contributed by atoms with Crippen LogP contribution in [0.2, 0.25) is 0 Å². The largest absolute Gasteiger partial charge is 0.462 e. The van der Waals surface area contributed by atoms with E-state index in [0.29, 0.717) is 19.3 Å². The molecule has 0 spiro atoms. The topological polar surface area (TPSA) is 78.9 Å². The molecule has 0 saturated carbocycles. The van der Waals surface area contributed by atoms with Crippen LogP contribution in [-0.4, -0.2) is 37.2 Å². The molecule has 446 valence electrons. The molecular formula is C71H126O6. The zero-order chi connectivity index (χ0) is 55.7. The molecule has 0 heterocycles. The minimum atomic E-state index is -0.780. The van der Waals surface area contributed by atoms with E-state index in [1.807, 2.05) is 0 Å². The van der Waals surface area contributed by atoms with E-state index in [0.717, 1.165) is 103 Å². The molecule has 77 heavy (non-hydrogen) atoms. The van der Waals surface area contributed by atoms with Crippen molar-refractivity contribution in [3.8, 4) is 0 Å². The Balaban J connectivity index is 4.07. The zero-order valence-corrected chi connectivity index (χ0v) is 51.2. The average Bonchev–Trinajstić information content (AvgIpc) is 3.43. The van der Waals surface area contributed by atoms with Crippen LogP contribution in [0.4, 0.5) is 0 Å². The van der Waals surface area contributed by atoms with Crippen LogP contribution in [0, 0.1) is 0 Å². The Kier molecular flexibility index (Phi) is 62.7. The monoisotopic (exact) mass is 1070 g/mol. The summed E-state index contributed by atoms with van der Waals surface area (Å²) < 4.78 is 16.9. The van der Waals surface area contributed by atoms with Crippen LogP contribution in [0.25, 0.3) is 0 Å². The minimum Gasteiger partial charge on any atom is -0.462 e. The molecule has 0 aromatic rings. The number of carbonyl (C=O) groups is 3. The van der Waals surface area contributed by atoms with Gasteiger partial charge >= 0.3 is 17.9 Å². The normalized spacial score (nSPS) is 12.5. The molecule has 0 aliphatic rings. The van der Waals surface area contributed by atoms with Crippen molar-refractivity contribution in [2.75, 3.05) is 13.2 Å². The Bertz CT molecular complexity index is 1420. The summed E-state index contributed by atoms with van der Waals surface area (Å²) in [4.78, 5) is 38.2. The van der Waals surface area contributed by atoms with Gasteiger partial charge in [-0.2, -0.15) is 0 Å². The standard InChI is InChI=1S/C71H126O6/c1-4-7-10-13-16-19-22-24-26-28-29-30-31-32-33-34-35-36-37-38-39-40-41-42-43-44-46-47-49-52-55-58-61-64-70(73)76-67-68(66-75-69(72)63-60-57-54-51-21-18-15-12-9-6-3)77-71(74)65-62-59-56-53-50-48-45-27-25-23-20-17-14-11-8-5-2/h7,10,12,15-16,19,24,26-27,29-30,45,68H,4-6,8-9,11,13-14,17-18,20-23,25,28,31-44,46-67H2,1-3H3/b10-7-,15-12-,19-16-,26-24-,30-29-,45-27-. The van der Waals surface area contributed by atoms with Gasteiger partial charge in [0.2, 0.25) is 0 Å². The highest BCUT2D eigenvalue weighted by atomic mass is 16.6. The number of allylic oxidation sites excluding steroid dienone is 12. The van der Waals surface area contributed by atoms with Crippen LogP contribution in [0.5, 0.6) is 0 Å². The minimum absolute atomic E-state index is 0.0771. The maximum atomic E-state index is 12.9. The van der Waals surface area contributed by atoms with E-state index in [2.05, 4.69) is 93.7 Å². The lowest BCUT2D eigenvalue weighted by atomic mass is 10.0. The lowest BCUT2D eigenvalue weighted by molar-refractivity contribution is -0.167. The van der Waals surface area contributed by atoms with Crippen molar-refractivity contribution >= 4 is 17.9 Å². The molecular weight excluding hydrogens is 949 g/mol. The first kappa shape index (κ1) is 73.8. The van der Waals surface area contributed by atoms with Crippen molar-refractivity contribution in [3.63, 3.8) is 0 Å². The Morgan fingerprint density at radius 2 is 0.532 bits per heavy atom. The maximum Gasteiger partial charge on any atom is 0.306 e. The van der Waals surface area contributed by atoms with Crippen LogP contribution >= 0.6 is 0 Å². The molecule has 0 rings (SSSR count). The van der Waals surface area contributed by atoms with Gasteiger partial charge in [0.05, 0.1) is 0 Å². The third-order valence-electron chi connectivity index (χ3n) is 14.6. The summed E-state index contributed by atoms with van der Waals surface area (Å²) in [6.07, 6.45) is 85.2. The maximum absolute atomic E-state index is 12.9. The van der Waals surface area contributed by atoms with Gasteiger partial charge in [-0.15, -0.1) is 0 Å². The van der Waals surface area contributed by atoms with Crippen LogP contribution < -0.4 is 0 Å². The second-order valence-electron chi connectivity index (χ2n) is 22.3. The third-order valence-corrected chi connectivity index (χ3v) is 14.6.